The maximum absolute atomic E-state index is 13.3. The molecule has 0 radical (unpaired) electrons. The van der Waals surface area contributed by atoms with Crippen LogP contribution in [0, 0.1) is 5.82 Å². The van der Waals surface area contributed by atoms with Crippen molar-refractivity contribution >= 4 is 27.8 Å². The van der Waals surface area contributed by atoms with Gasteiger partial charge in [-0.2, -0.15) is 0 Å². The second kappa shape index (κ2) is 5.78. The van der Waals surface area contributed by atoms with Crippen molar-refractivity contribution in [2.24, 2.45) is 4.99 Å². The van der Waals surface area contributed by atoms with E-state index in [0.717, 1.165) is 5.56 Å². The van der Waals surface area contributed by atoms with Gasteiger partial charge in [0.2, 0.25) is 0 Å². The van der Waals surface area contributed by atoms with Gasteiger partial charge >= 0.3 is 0 Å². The molecule has 0 aliphatic heterocycles. The first kappa shape index (κ1) is 12.8. The largest absolute Gasteiger partial charge is 0.398 e. The first-order valence-corrected chi connectivity index (χ1v) is 6.24. The van der Waals surface area contributed by atoms with E-state index < -0.39 is 0 Å². The van der Waals surface area contributed by atoms with Crippen molar-refractivity contribution < 1.29 is 4.39 Å². The summed E-state index contributed by atoms with van der Waals surface area (Å²) < 4.78 is 13.7. The molecular weight excluding hydrogens is 295 g/mol. The predicted molar refractivity (Wildman–Crippen MR) is 76.3 cm³/mol. The molecule has 0 saturated heterocycles. The number of nitrogens with two attached hydrogens (primary N) is 1. The molecule has 0 aliphatic carbocycles. The average Bonchev–Trinajstić information content (AvgIpc) is 2.37. The number of nitrogen functional groups attached to an aromatic ring is 1. The number of anilines is 1. The minimum absolute atomic E-state index is 0.342. The number of benzene rings is 2. The van der Waals surface area contributed by atoms with Crippen LogP contribution in [0.2, 0.25) is 0 Å². The topological polar surface area (TPSA) is 38.4 Å². The lowest BCUT2D eigenvalue weighted by atomic mass is 10.2. The number of rotatable bonds is 3. The lowest BCUT2D eigenvalue weighted by molar-refractivity contribution is 0.621. The van der Waals surface area contributed by atoms with Crippen LogP contribution in [-0.4, -0.2) is 6.21 Å². The highest BCUT2D eigenvalue weighted by Gasteiger charge is 2.03. The first-order valence-electron chi connectivity index (χ1n) is 5.45. The Bertz CT molecular complexity index is 568. The summed E-state index contributed by atoms with van der Waals surface area (Å²) in [6.07, 6.45) is 1.60. The second-order valence-electron chi connectivity index (χ2n) is 3.85. The maximum atomic E-state index is 13.3. The fourth-order valence-corrected chi connectivity index (χ4v) is 1.88. The van der Waals surface area contributed by atoms with E-state index in [1.807, 2.05) is 30.3 Å². The summed E-state index contributed by atoms with van der Waals surface area (Å²) in [5.41, 5.74) is 7.97. The Morgan fingerprint density at radius 3 is 2.67 bits per heavy atom. The molecule has 92 valence electrons. The molecule has 0 unspecified atom stereocenters. The summed E-state index contributed by atoms with van der Waals surface area (Å²) in [6, 6.07) is 12.8. The highest BCUT2D eigenvalue weighted by atomic mass is 79.9. The standard InChI is InChI=1S/C14H12BrFN2/c15-12-7-14(17)11(6-13(12)16)9-18-8-10-4-2-1-3-5-10/h1-7,9H,8,17H2. The lowest BCUT2D eigenvalue weighted by Crippen LogP contribution is -1.95. The summed E-state index contributed by atoms with van der Waals surface area (Å²) in [5.74, 6) is -0.342. The van der Waals surface area contributed by atoms with Gasteiger partial charge in [-0.15, -0.1) is 0 Å². The third-order valence-corrected chi connectivity index (χ3v) is 3.08. The molecule has 2 nitrogen and oxygen atoms in total. The molecule has 18 heavy (non-hydrogen) atoms. The molecule has 2 N–H and O–H groups in total. The summed E-state index contributed by atoms with van der Waals surface area (Å²) >= 11 is 3.09. The van der Waals surface area contributed by atoms with Crippen LogP contribution >= 0.6 is 15.9 Å². The molecule has 0 spiro atoms. The van der Waals surface area contributed by atoms with Crippen LogP contribution in [0.4, 0.5) is 10.1 Å². The Hall–Kier alpha value is -1.68. The molecule has 0 amide bonds. The van der Waals surface area contributed by atoms with Crippen LogP contribution in [0.5, 0.6) is 0 Å². The second-order valence-corrected chi connectivity index (χ2v) is 4.70. The van der Waals surface area contributed by atoms with Crippen LogP contribution in [0.25, 0.3) is 0 Å². The molecule has 0 saturated carbocycles. The molecule has 2 rings (SSSR count). The third kappa shape index (κ3) is 3.17. The first-order chi connectivity index (χ1) is 8.66. The van der Waals surface area contributed by atoms with Gasteiger partial charge in [0.05, 0.1) is 11.0 Å². The number of hydrogen-bond acceptors (Lipinski definition) is 2. The Morgan fingerprint density at radius 1 is 1.22 bits per heavy atom. The van der Waals surface area contributed by atoms with Gasteiger partial charge in [-0.3, -0.25) is 4.99 Å². The molecule has 0 aromatic heterocycles. The van der Waals surface area contributed by atoms with E-state index in [1.165, 1.54) is 6.07 Å². The minimum Gasteiger partial charge on any atom is -0.398 e. The van der Waals surface area contributed by atoms with E-state index in [9.17, 15) is 4.39 Å². The molecule has 0 bridgehead atoms. The molecular formula is C14H12BrFN2. The molecule has 0 heterocycles. The van der Waals surface area contributed by atoms with Crippen molar-refractivity contribution in [3.8, 4) is 0 Å². The van der Waals surface area contributed by atoms with E-state index in [2.05, 4.69) is 20.9 Å². The lowest BCUT2D eigenvalue weighted by Gasteiger charge is -2.02. The highest BCUT2D eigenvalue weighted by molar-refractivity contribution is 9.10. The van der Waals surface area contributed by atoms with E-state index in [0.29, 0.717) is 22.3 Å². The number of halogens is 2. The zero-order valence-corrected chi connectivity index (χ0v) is 11.2. The Balaban J connectivity index is 2.12. The van der Waals surface area contributed by atoms with E-state index >= 15 is 0 Å². The van der Waals surface area contributed by atoms with Gasteiger partial charge in [-0.05, 0) is 33.6 Å². The zero-order valence-electron chi connectivity index (χ0n) is 9.61. The number of nitrogens with zero attached hydrogens (tertiary/aromatic N) is 1. The maximum Gasteiger partial charge on any atom is 0.138 e. The fraction of sp³-hybridized carbons (Fsp3) is 0.0714. The van der Waals surface area contributed by atoms with E-state index in [4.69, 9.17) is 5.73 Å². The molecule has 0 fully saturated rings. The van der Waals surface area contributed by atoms with E-state index in [1.54, 1.807) is 12.3 Å². The van der Waals surface area contributed by atoms with Crippen LogP contribution in [0.1, 0.15) is 11.1 Å². The Labute approximate surface area is 113 Å². The Kier molecular flexibility index (Phi) is 4.10. The van der Waals surface area contributed by atoms with Crippen LogP contribution < -0.4 is 5.73 Å². The molecule has 2 aromatic rings. The van der Waals surface area contributed by atoms with Crippen molar-refractivity contribution in [1.82, 2.24) is 0 Å². The minimum atomic E-state index is -0.342. The van der Waals surface area contributed by atoms with Gasteiger partial charge in [0.15, 0.2) is 0 Å². The van der Waals surface area contributed by atoms with Crippen molar-refractivity contribution in [1.29, 1.82) is 0 Å². The quantitative estimate of drug-likeness (QED) is 0.680. The molecule has 2 aromatic carbocycles. The summed E-state index contributed by atoms with van der Waals surface area (Å²) in [5, 5.41) is 0. The average molecular weight is 307 g/mol. The predicted octanol–water partition coefficient (Wildman–Crippen LogP) is 3.79. The summed E-state index contributed by atoms with van der Waals surface area (Å²) in [6.45, 7) is 0.554. The van der Waals surface area contributed by atoms with Crippen LogP contribution in [0.15, 0.2) is 51.9 Å². The van der Waals surface area contributed by atoms with Crippen LogP contribution in [0.3, 0.4) is 0 Å². The van der Waals surface area contributed by atoms with Crippen molar-refractivity contribution in [3.63, 3.8) is 0 Å². The van der Waals surface area contributed by atoms with Crippen molar-refractivity contribution in [2.75, 3.05) is 5.73 Å². The Morgan fingerprint density at radius 2 is 1.94 bits per heavy atom. The monoisotopic (exact) mass is 306 g/mol. The normalized spacial score (nSPS) is 11.0. The number of hydrogen-bond donors (Lipinski definition) is 1. The van der Waals surface area contributed by atoms with Crippen molar-refractivity contribution in [2.45, 2.75) is 6.54 Å². The smallest absolute Gasteiger partial charge is 0.138 e. The molecule has 4 heteroatoms. The summed E-state index contributed by atoms with van der Waals surface area (Å²) in [7, 11) is 0. The van der Waals surface area contributed by atoms with E-state index in [-0.39, 0.29) is 5.82 Å². The van der Waals surface area contributed by atoms with Crippen molar-refractivity contribution in [3.05, 3.63) is 63.9 Å². The van der Waals surface area contributed by atoms with Gasteiger partial charge in [-0.25, -0.2) is 4.39 Å². The van der Waals surface area contributed by atoms with Gasteiger partial charge in [-0.1, -0.05) is 30.3 Å². The van der Waals surface area contributed by atoms with Crippen LogP contribution in [-0.2, 0) is 6.54 Å². The van der Waals surface area contributed by atoms with Gasteiger partial charge in [0, 0.05) is 17.5 Å². The number of aliphatic imine (C=N–C) groups is 1. The summed E-state index contributed by atoms with van der Waals surface area (Å²) in [4.78, 5) is 4.26. The van der Waals surface area contributed by atoms with Gasteiger partial charge in [0.25, 0.3) is 0 Å². The van der Waals surface area contributed by atoms with Gasteiger partial charge < -0.3 is 5.73 Å². The molecule has 0 atom stereocenters. The SMILES string of the molecule is Nc1cc(Br)c(F)cc1C=NCc1ccccc1. The molecule has 0 aliphatic rings. The zero-order chi connectivity index (χ0) is 13.0. The third-order valence-electron chi connectivity index (χ3n) is 2.47. The fourth-order valence-electron chi connectivity index (χ4n) is 1.52. The van der Waals surface area contributed by atoms with Gasteiger partial charge in [0.1, 0.15) is 5.82 Å². The highest BCUT2D eigenvalue weighted by Crippen LogP contribution is 2.21.